The smallest absolute Gasteiger partial charge is 0.0522 e. The molecule has 0 saturated carbocycles. The number of hydrogen-bond acceptors (Lipinski definition) is 3. The lowest BCUT2D eigenvalue weighted by Gasteiger charge is -2.46. The standard InChI is InChI=1S/C16H32N4/c1-7-16(5,20(9-3)10-4)15(17-8-2)11-14-12-18-19(6)13-14/h12-13,15,17H,7-11H2,1-6H3. The summed E-state index contributed by atoms with van der Waals surface area (Å²) in [4.78, 5) is 2.58. The van der Waals surface area contributed by atoms with Crippen molar-refractivity contribution in [2.75, 3.05) is 19.6 Å². The van der Waals surface area contributed by atoms with Gasteiger partial charge in [0.2, 0.25) is 0 Å². The lowest BCUT2D eigenvalue weighted by molar-refractivity contribution is 0.0707. The predicted octanol–water partition coefficient (Wildman–Crippen LogP) is 2.45. The van der Waals surface area contributed by atoms with E-state index in [4.69, 9.17) is 0 Å². The van der Waals surface area contributed by atoms with E-state index in [1.165, 1.54) is 5.56 Å². The molecule has 1 N–H and O–H groups in total. The lowest BCUT2D eigenvalue weighted by atomic mass is 9.83. The minimum Gasteiger partial charge on any atom is -0.312 e. The van der Waals surface area contributed by atoms with Crippen molar-refractivity contribution < 1.29 is 0 Å². The molecule has 2 atom stereocenters. The van der Waals surface area contributed by atoms with Crippen molar-refractivity contribution in [3.05, 3.63) is 18.0 Å². The van der Waals surface area contributed by atoms with E-state index < -0.39 is 0 Å². The zero-order valence-corrected chi connectivity index (χ0v) is 14.1. The minimum absolute atomic E-state index is 0.176. The third-order valence-electron chi connectivity index (χ3n) is 4.60. The van der Waals surface area contributed by atoms with E-state index in [-0.39, 0.29) is 5.54 Å². The quantitative estimate of drug-likeness (QED) is 0.754. The maximum Gasteiger partial charge on any atom is 0.0522 e. The number of aryl methyl sites for hydroxylation is 1. The topological polar surface area (TPSA) is 33.1 Å². The SMILES string of the molecule is CCNC(Cc1cnn(C)c1)C(C)(CC)N(CC)CC. The summed E-state index contributed by atoms with van der Waals surface area (Å²) in [5.74, 6) is 0. The molecule has 0 saturated heterocycles. The second-order valence-corrected chi connectivity index (χ2v) is 5.72. The summed E-state index contributed by atoms with van der Waals surface area (Å²) in [7, 11) is 1.98. The average molecular weight is 280 g/mol. The summed E-state index contributed by atoms with van der Waals surface area (Å²) in [5, 5.41) is 8.00. The van der Waals surface area contributed by atoms with Crippen molar-refractivity contribution in [2.24, 2.45) is 7.05 Å². The fraction of sp³-hybridized carbons (Fsp3) is 0.812. The Hall–Kier alpha value is -0.870. The van der Waals surface area contributed by atoms with Gasteiger partial charge >= 0.3 is 0 Å². The molecule has 4 nitrogen and oxygen atoms in total. The average Bonchev–Trinajstić information content (AvgIpc) is 2.84. The first kappa shape index (κ1) is 17.2. The van der Waals surface area contributed by atoms with Gasteiger partial charge in [0.15, 0.2) is 0 Å². The highest BCUT2D eigenvalue weighted by Crippen LogP contribution is 2.26. The Balaban J connectivity index is 2.96. The number of likely N-dealkylation sites (N-methyl/N-ethyl adjacent to an activating group) is 2. The van der Waals surface area contributed by atoms with Gasteiger partial charge in [-0.2, -0.15) is 5.10 Å². The Morgan fingerprint density at radius 1 is 1.30 bits per heavy atom. The molecule has 1 heterocycles. The molecule has 0 aliphatic carbocycles. The highest BCUT2D eigenvalue weighted by molar-refractivity contribution is 5.10. The van der Waals surface area contributed by atoms with Crippen molar-refractivity contribution in [1.29, 1.82) is 0 Å². The van der Waals surface area contributed by atoms with Crippen LogP contribution in [0.15, 0.2) is 12.4 Å². The van der Waals surface area contributed by atoms with Gasteiger partial charge in [0.05, 0.1) is 6.20 Å². The van der Waals surface area contributed by atoms with Crippen LogP contribution in [-0.4, -0.2) is 45.9 Å². The molecule has 1 aromatic heterocycles. The van der Waals surface area contributed by atoms with E-state index in [1.807, 2.05) is 17.9 Å². The Bertz CT molecular complexity index is 384. The molecule has 0 bridgehead atoms. The van der Waals surface area contributed by atoms with Gasteiger partial charge in [-0.3, -0.25) is 9.58 Å². The maximum absolute atomic E-state index is 4.30. The van der Waals surface area contributed by atoms with Crippen LogP contribution in [0.4, 0.5) is 0 Å². The van der Waals surface area contributed by atoms with Crippen molar-refractivity contribution in [3.8, 4) is 0 Å². The molecule has 0 spiro atoms. The summed E-state index contributed by atoms with van der Waals surface area (Å²) in [6, 6.07) is 0.446. The third kappa shape index (κ3) is 3.83. The molecule has 2 unspecified atom stereocenters. The second-order valence-electron chi connectivity index (χ2n) is 5.72. The fourth-order valence-electron chi connectivity index (χ4n) is 3.21. The molecule has 1 rings (SSSR count). The first-order valence-electron chi connectivity index (χ1n) is 7.97. The summed E-state index contributed by atoms with van der Waals surface area (Å²) < 4.78 is 1.89. The van der Waals surface area contributed by atoms with Gasteiger partial charge in [0.25, 0.3) is 0 Å². The van der Waals surface area contributed by atoms with Gasteiger partial charge in [-0.25, -0.2) is 0 Å². The van der Waals surface area contributed by atoms with E-state index in [0.717, 1.165) is 32.5 Å². The molecule has 0 radical (unpaired) electrons. The summed E-state index contributed by atoms with van der Waals surface area (Å²) in [6.07, 6.45) is 6.29. The van der Waals surface area contributed by atoms with Crippen LogP contribution in [0, 0.1) is 0 Å². The molecule has 0 amide bonds. The highest BCUT2D eigenvalue weighted by Gasteiger charge is 2.36. The molecular weight excluding hydrogens is 248 g/mol. The van der Waals surface area contributed by atoms with Crippen LogP contribution < -0.4 is 5.32 Å². The van der Waals surface area contributed by atoms with Crippen LogP contribution in [0.25, 0.3) is 0 Å². The van der Waals surface area contributed by atoms with E-state index in [9.17, 15) is 0 Å². The largest absolute Gasteiger partial charge is 0.312 e. The first-order valence-corrected chi connectivity index (χ1v) is 7.97. The van der Waals surface area contributed by atoms with Crippen LogP contribution >= 0.6 is 0 Å². The Kier molecular flexibility index (Phi) is 6.69. The number of nitrogens with one attached hydrogen (secondary N) is 1. The van der Waals surface area contributed by atoms with Crippen LogP contribution in [0.5, 0.6) is 0 Å². The monoisotopic (exact) mass is 280 g/mol. The molecule has 0 aromatic carbocycles. The van der Waals surface area contributed by atoms with E-state index >= 15 is 0 Å². The summed E-state index contributed by atoms with van der Waals surface area (Å²) >= 11 is 0. The van der Waals surface area contributed by atoms with Crippen molar-refractivity contribution in [2.45, 2.75) is 59.0 Å². The van der Waals surface area contributed by atoms with Gasteiger partial charge in [0, 0.05) is 24.8 Å². The highest BCUT2D eigenvalue weighted by atomic mass is 15.2. The maximum atomic E-state index is 4.30. The van der Waals surface area contributed by atoms with Gasteiger partial charge < -0.3 is 5.32 Å². The Morgan fingerprint density at radius 3 is 2.35 bits per heavy atom. The normalized spacial score (nSPS) is 16.4. The van der Waals surface area contributed by atoms with E-state index in [2.05, 4.69) is 56.1 Å². The summed E-state index contributed by atoms with van der Waals surface area (Å²) in [6.45, 7) is 14.6. The Morgan fingerprint density at radius 2 is 1.95 bits per heavy atom. The van der Waals surface area contributed by atoms with Gasteiger partial charge in [-0.15, -0.1) is 0 Å². The fourth-order valence-corrected chi connectivity index (χ4v) is 3.21. The van der Waals surface area contributed by atoms with Crippen LogP contribution in [0.3, 0.4) is 0 Å². The number of aromatic nitrogens is 2. The predicted molar refractivity (Wildman–Crippen MR) is 86.0 cm³/mol. The minimum atomic E-state index is 0.176. The molecule has 1 aromatic rings. The number of rotatable bonds is 9. The summed E-state index contributed by atoms with van der Waals surface area (Å²) in [5.41, 5.74) is 1.49. The van der Waals surface area contributed by atoms with Gasteiger partial charge in [-0.1, -0.05) is 27.7 Å². The van der Waals surface area contributed by atoms with Crippen LogP contribution in [0.2, 0.25) is 0 Å². The molecule has 0 aliphatic rings. The molecule has 0 aliphatic heterocycles. The second kappa shape index (κ2) is 7.79. The van der Waals surface area contributed by atoms with E-state index in [0.29, 0.717) is 6.04 Å². The van der Waals surface area contributed by atoms with Crippen LogP contribution in [0.1, 0.15) is 46.6 Å². The van der Waals surface area contributed by atoms with E-state index in [1.54, 1.807) is 0 Å². The first-order chi connectivity index (χ1) is 9.51. The Labute approximate surface area is 124 Å². The molecule has 20 heavy (non-hydrogen) atoms. The molecule has 4 heteroatoms. The lowest BCUT2D eigenvalue weighted by Crippen LogP contribution is -2.60. The molecule has 116 valence electrons. The van der Waals surface area contributed by atoms with Gasteiger partial charge in [-0.05, 0) is 45.0 Å². The zero-order valence-electron chi connectivity index (χ0n) is 14.1. The number of nitrogens with zero attached hydrogens (tertiary/aromatic N) is 3. The molecular formula is C16H32N4. The van der Waals surface area contributed by atoms with Crippen LogP contribution in [-0.2, 0) is 13.5 Å². The van der Waals surface area contributed by atoms with Crippen molar-refractivity contribution >= 4 is 0 Å². The van der Waals surface area contributed by atoms with Gasteiger partial charge in [0.1, 0.15) is 0 Å². The van der Waals surface area contributed by atoms with Crippen molar-refractivity contribution in [1.82, 2.24) is 20.0 Å². The molecule has 0 fully saturated rings. The third-order valence-corrected chi connectivity index (χ3v) is 4.60. The van der Waals surface area contributed by atoms with Crippen molar-refractivity contribution in [3.63, 3.8) is 0 Å². The zero-order chi connectivity index (χ0) is 15.2. The number of hydrogen-bond donors (Lipinski definition) is 1.